The lowest BCUT2D eigenvalue weighted by molar-refractivity contribution is -0.147. The number of esters is 1. The molecule has 0 aliphatic carbocycles. The number of carbonyl (C=O) groups excluding carboxylic acids is 2. The molecule has 178 valence electrons. The molecule has 0 saturated carbocycles. The van der Waals surface area contributed by atoms with E-state index in [1.165, 1.54) is 12.0 Å². The third-order valence-corrected chi connectivity index (χ3v) is 5.42. The van der Waals surface area contributed by atoms with Crippen LogP contribution in [0.15, 0.2) is 36.4 Å². The Balaban J connectivity index is 1.80. The summed E-state index contributed by atoms with van der Waals surface area (Å²) in [4.78, 5) is 26.6. The SMILES string of the molecule is COC(=O)C1c2ccc(OCc3cccc(OC)c3OC)cc2CCN1C(=O)OCC(C)C. The molecule has 1 aliphatic rings. The molecule has 0 saturated heterocycles. The summed E-state index contributed by atoms with van der Waals surface area (Å²) in [5.41, 5.74) is 2.48. The molecule has 0 N–H and O–H groups in total. The average Bonchev–Trinajstić information content (AvgIpc) is 2.84. The van der Waals surface area contributed by atoms with Gasteiger partial charge in [-0.3, -0.25) is 4.90 Å². The van der Waals surface area contributed by atoms with Gasteiger partial charge in [0.1, 0.15) is 12.4 Å². The number of ether oxygens (including phenoxy) is 5. The Bertz CT molecular complexity index is 989. The second-order valence-electron chi connectivity index (χ2n) is 8.14. The van der Waals surface area contributed by atoms with E-state index in [1.807, 2.05) is 38.1 Å². The van der Waals surface area contributed by atoms with Crippen molar-refractivity contribution in [2.45, 2.75) is 32.9 Å². The molecule has 1 unspecified atom stereocenters. The summed E-state index contributed by atoms with van der Waals surface area (Å²) < 4.78 is 27.2. The average molecular weight is 458 g/mol. The van der Waals surface area contributed by atoms with E-state index in [4.69, 9.17) is 23.7 Å². The Hall–Kier alpha value is -3.42. The fourth-order valence-corrected chi connectivity index (χ4v) is 3.80. The summed E-state index contributed by atoms with van der Waals surface area (Å²) in [5, 5.41) is 0. The molecule has 0 bridgehead atoms. The lowest BCUT2D eigenvalue weighted by atomic mass is 9.92. The minimum Gasteiger partial charge on any atom is -0.493 e. The number of amides is 1. The van der Waals surface area contributed by atoms with Crippen molar-refractivity contribution < 1.29 is 33.3 Å². The maximum absolute atomic E-state index is 12.6. The lowest BCUT2D eigenvalue weighted by Crippen LogP contribution is -2.44. The second kappa shape index (κ2) is 10.9. The molecular weight excluding hydrogens is 426 g/mol. The number of fused-ring (bicyclic) bond motifs is 1. The normalized spacial score (nSPS) is 15.0. The first-order chi connectivity index (χ1) is 15.9. The Kier molecular flexibility index (Phi) is 8.03. The van der Waals surface area contributed by atoms with Crippen LogP contribution in [-0.4, -0.2) is 51.4 Å². The minimum absolute atomic E-state index is 0.200. The van der Waals surface area contributed by atoms with Gasteiger partial charge in [0.25, 0.3) is 0 Å². The fraction of sp³-hybridized carbons (Fsp3) is 0.440. The van der Waals surface area contributed by atoms with Crippen molar-refractivity contribution in [3.05, 3.63) is 53.1 Å². The molecule has 2 aromatic carbocycles. The van der Waals surface area contributed by atoms with E-state index < -0.39 is 18.1 Å². The third-order valence-electron chi connectivity index (χ3n) is 5.42. The van der Waals surface area contributed by atoms with Gasteiger partial charge >= 0.3 is 12.1 Å². The van der Waals surface area contributed by atoms with Gasteiger partial charge in [0.15, 0.2) is 17.5 Å². The van der Waals surface area contributed by atoms with E-state index in [0.29, 0.717) is 35.8 Å². The van der Waals surface area contributed by atoms with Crippen LogP contribution >= 0.6 is 0 Å². The van der Waals surface area contributed by atoms with Gasteiger partial charge in [-0.2, -0.15) is 0 Å². The van der Waals surface area contributed by atoms with E-state index in [1.54, 1.807) is 26.4 Å². The summed E-state index contributed by atoms with van der Waals surface area (Å²) in [7, 11) is 4.49. The summed E-state index contributed by atoms with van der Waals surface area (Å²) in [6.07, 6.45) is 0.0504. The zero-order chi connectivity index (χ0) is 24.0. The maximum Gasteiger partial charge on any atom is 0.410 e. The molecule has 0 spiro atoms. The van der Waals surface area contributed by atoms with E-state index in [-0.39, 0.29) is 19.1 Å². The van der Waals surface area contributed by atoms with Crippen molar-refractivity contribution in [3.63, 3.8) is 0 Å². The number of rotatable bonds is 8. The Labute approximate surface area is 194 Å². The predicted octanol–water partition coefficient (Wildman–Crippen LogP) is 4.15. The first-order valence-corrected chi connectivity index (χ1v) is 10.9. The van der Waals surface area contributed by atoms with Gasteiger partial charge in [0.05, 0.1) is 27.9 Å². The van der Waals surface area contributed by atoms with Gasteiger partial charge < -0.3 is 23.7 Å². The van der Waals surface area contributed by atoms with Crippen molar-refractivity contribution in [2.24, 2.45) is 5.92 Å². The zero-order valence-corrected chi connectivity index (χ0v) is 19.8. The highest BCUT2D eigenvalue weighted by atomic mass is 16.6. The van der Waals surface area contributed by atoms with Gasteiger partial charge in [-0.05, 0) is 41.7 Å². The van der Waals surface area contributed by atoms with Crippen LogP contribution in [0.5, 0.6) is 17.2 Å². The maximum atomic E-state index is 12.6. The van der Waals surface area contributed by atoms with Gasteiger partial charge in [0, 0.05) is 12.1 Å². The zero-order valence-electron chi connectivity index (χ0n) is 19.8. The lowest BCUT2D eigenvalue weighted by Gasteiger charge is -2.35. The van der Waals surface area contributed by atoms with Crippen molar-refractivity contribution in [2.75, 3.05) is 34.5 Å². The first-order valence-electron chi connectivity index (χ1n) is 10.9. The molecule has 33 heavy (non-hydrogen) atoms. The van der Waals surface area contributed by atoms with Crippen LogP contribution in [0.1, 0.15) is 36.6 Å². The summed E-state index contributed by atoms with van der Waals surface area (Å²) >= 11 is 0. The third kappa shape index (κ3) is 5.50. The number of carbonyl (C=O) groups is 2. The molecule has 0 aromatic heterocycles. The largest absolute Gasteiger partial charge is 0.493 e. The van der Waals surface area contributed by atoms with Crippen LogP contribution < -0.4 is 14.2 Å². The standard InChI is InChI=1S/C25H31NO7/c1-16(2)14-33-25(28)26-12-11-17-13-19(9-10-20(17)22(26)24(27)31-5)32-15-18-7-6-8-21(29-3)23(18)30-4/h6-10,13,16,22H,11-12,14-15H2,1-5H3. The van der Waals surface area contributed by atoms with Gasteiger partial charge in [-0.25, -0.2) is 9.59 Å². The Morgan fingerprint density at radius 3 is 2.55 bits per heavy atom. The van der Waals surface area contributed by atoms with Crippen molar-refractivity contribution in [1.29, 1.82) is 0 Å². The van der Waals surface area contributed by atoms with Crippen LogP contribution in [-0.2, 0) is 27.3 Å². The van der Waals surface area contributed by atoms with Crippen molar-refractivity contribution in [3.8, 4) is 17.2 Å². The predicted molar refractivity (Wildman–Crippen MR) is 122 cm³/mol. The molecule has 0 radical (unpaired) electrons. The van der Waals surface area contributed by atoms with Crippen molar-refractivity contribution >= 4 is 12.1 Å². The molecule has 1 atom stereocenters. The quantitative estimate of drug-likeness (QED) is 0.551. The van der Waals surface area contributed by atoms with Gasteiger partial charge in [-0.1, -0.05) is 32.0 Å². The van der Waals surface area contributed by atoms with E-state index >= 15 is 0 Å². The van der Waals surface area contributed by atoms with Gasteiger partial charge in [0.2, 0.25) is 0 Å². The monoisotopic (exact) mass is 457 g/mol. The molecule has 8 nitrogen and oxygen atoms in total. The first kappa shape index (κ1) is 24.2. The number of methoxy groups -OCH3 is 3. The highest BCUT2D eigenvalue weighted by Crippen LogP contribution is 2.35. The number of nitrogens with zero attached hydrogens (tertiary/aromatic N) is 1. The molecule has 1 amide bonds. The van der Waals surface area contributed by atoms with E-state index in [9.17, 15) is 9.59 Å². The highest BCUT2D eigenvalue weighted by molar-refractivity contribution is 5.84. The molecule has 2 aromatic rings. The summed E-state index contributed by atoms with van der Waals surface area (Å²) in [6.45, 7) is 4.83. The Morgan fingerprint density at radius 2 is 1.88 bits per heavy atom. The molecule has 3 rings (SSSR count). The molecule has 1 heterocycles. The Morgan fingerprint density at radius 1 is 1.09 bits per heavy atom. The summed E-state index contributed by atoms with van der Waals surface area (Å²) in [5.74, 6) is 1.60. The highest BCUT2D eigenvalue weighted by Gasteiger charge is 2.38. The van der Waals surface area contributed by atoms with Crippen LogP contribution in [0.4, 0.5) is 4.79 Å². The molecule has 8 heteroatoms. The molecular formula is C25H31NO7. The van der Waals surface area contributed by atoms with Crippen LogP contribution in [0.3, 0.4) is 0 Å². The topological polar surface area (TPSA) is 83.5 Å². The molecule has 0 fully saturated rings. The fourth-order valence-electron chi connectivity index (χ4n) is 3.80. The minimum atomic E-state index is -0.856. The number of hydrogen-bond donors (Lipinski definition) is 0. The number of para-hydroxylation sites is 1. The van der Waals surface area contributed by atoms with Crippen LogP contribution in [0, 0.1) is 5.92 Å². The van der Waals surface area contributed by atoms with Crippen LogP contribution in [0.25, 0.3) is 0 Å². The van der Waals surface area contributed by atoms with Gasteiger partial charge in [-0.15, -0.1) is 0 Å². The number of benzene rings is 2. The molecule has 1 aliphatic heterocycles. The van der Waals surface area contributed by atoms with E-state index in [0.717, 1.165) is 11.1 Å². The van der Waals surface area contributed by atoms with E-state index in [2.05, 4.69) is 0 Å². The second-order valence-corrected chi connectivity index (χ2v) is 8.14. The number of hydrogen-bond acceptors (Lipinski definition) is 7. The smallest absolute Gasteiger partial charge is 0.410 e. The van der Waals surface area contributed by atoms with Crippen LogP contribution in [0.2, 0.25) is 0 Å². The van der Waals surface area contributed by atoms with Crippen molar-refractivity contribution in [1.82, 2.24) is 4.90 Å². The summed E-state index contributed by atoms with van der Waals surface area (Å²) in [6, 6.07) is 10.2.